The highest BCUT2D eigenvalue weighted by Gasteiger charge is 2.49. The van der Waals surface area contributed by atoms with E-state index in [1.807, 2.05) is 21.9 Å². The number of benzene rings is 3. The summed E-state index contributed by atoms with van der Waals surface area (Å²) in [5, 5.41) is 1.15. The van der Waals surface area contributed by atoms with Gasteiger partial charge in [0.15, 0.2) is 0 Å². The van der Waals surface area contributed by atoms with Crippen LogP contribution in [0.1, 0.15) is 66.6 Å². The molecule has 2 amide bonds. The van der Waals surface area contributed by atoms with E-state index in [0.717, 1.165) is 54.6 Å². The summed E-state index contributed by atoms with van der Waals surface area (Å²) < 4.78 is 0. The van der Waals surface area contributed by atoms with E-state index >= 15 is 0 Å². The number of rotatable bonds is 5. The first-order valence-corrected chi connectivity index (χ1v) is 15.0. The number of hydrogen-bond acceptors (Lipinski definition) is 3. The Morgan fingerprint density at radius 2 is 1.59 bits per heavy atom. The molecule has 1 N–H and O–H groups in total. The molecule has 6 heteroatoms. The summed E-state index contributed by atoms with van der Waals surface area (Å²) in [6.07, 6.45) is 2.35. The first-order valence-electron chi connectivity index (χ1n) is 15.0. The summed E-state index contributed by atoms with van der Waals surface area (Å²) in [5.74, 6) is 0.576. The first-order chi connectivity index (χ1) is 20.0. The Morgan fingerprint density at radius 3 is 2.32 bits per heavy atom. The van der Waals surface area contributed by atoms with Crippen molar-refractivity contribution in [2.45, 2.75) is 63.7 Å². The molecule has 4 heterocycles. The number of nitrogens with zero attached hydrogens (tertiary/aromatic N) is 3. The van der Waals surface area contributed by atoms with Crippen LogP contribution in [0.5, 0.6) is 0 Å². The topological polar surface area (TPSA) is 59.7 Å². The highest BCUT2D eigenvalue weighted by Crippen LogP contribution is 2.43. The maximum atomic E-state index is 14.3. The van der Waals surface area contributed by atoms with E-state index in [1.54, 1.807) is 0 Å². The Labute approximate surface area is 241 Å². The van der Waals surface area contributed by atoms with Crippen LogP contribution in [0.3, 0.4) is 0 Å². The third kappa shape index (κ3) is 4.64. The number of H-pyrrole nitrogens is 1. The Morgan fingerprint density at radius 1 is 0.878 bits per heavy atom. The van der Waals surface area contributed by atoms with Gasteiger partial charge in [0.25, 0.3) is 0 Å². The lowest BCUT2D eigenvalue weighted by atomic mass is 9.85. The molecule has 2 fully saturated rings. The van der Waals surface area contributed by atoms with Crippen molar-refractivity contribution < 1.29 is 9.59 Å². The van der Waals surface area contributed by atoms with Gasteiger partial charge >= 0.3 is 0 Å². The summed E-state index contributed by atoms with van der Waals surface area (Å²) in [7, 11) is 0. The fourth-order valence-corrected chi connectivity index (χ4v) is 7.24. The van der Waals surface area contributed by atoms with E-state index in [-0.39, 0.29) is 30.4 Å². The standard InChI is InChI=1S/C35H38N4O2/c1-23(2)25-12-14-26(15-13-25)34-33-29(28-10-6-7-11-30(28)36-33)20-31-35(41)38(22-32(40)39(31)34)27-16-18-37(19-17-27)21-24-8-4-3-5-9-24/h3-15,23,27,31,34,36H,16-22H2,1-2H3/t31-,34?/m0/s1. The van der Waals surface area contributed by atoms with Gasteiger partial charge < -0.3 is 14.8 Å². The van der Waals surface area contributed by atoms with Crippen LogP contribution in [-0.2, 0) is 22.6 Å². The van der Waals surface area contributed by atoms with Crippen LogP contribution >= 0.6 is 0 Å². The molecule has 3 aromatic carbocycles. The van der Waals surface area contributed by atoms with Crippen LogP contribution in [0.25, 0.3) is 10.9 Å². The van der Waals surface area contributed by atoms with Crippen molar-refractivity contribution in [2.24, 2.45) is 0 Å². The van der Waals surface area contributed by atoms with Gasteiger partial charge in [0.05, 0.1) is 6.04 Å². The van der Waals surface area contributed by atoms with Crippen LogP contribution in [0.15, 0.2) is 78.9 Å². The average molecular weight is 547 g/mol. The number of amides is 2. The van der Waals surface area contributed by atoms with Crippen molar-refractivity contribution in [2.75, 3.05) is 19.6 Å². The van der Waals surface area contributed by atoms with E-state index in [9.17, 15) is 9.59 Å². The smallest absolute Gasteiger partial charge is 0.246 e. The molecule has 3 aliphatic heterocycles. The molecule has 41 heavy (non-hydrogen) atoms. The highest BCUT2D eigenvalue weighted by molar-refractivity contribution is 5.97. The van der Waals surface area contributed by atoms with Gasteiger partial charge in [0, 0.05) is 48.7 Å². The zero-order chi connectivity index (χ0) is 28.1. The average Bonchev–Trinajstić information content (AvgIpc) is 3.37. The van der Waals surface area contributed by atoms with Crippen molar-refractivity contribution in [3.05, 3.63) is 107 Å². The van der Waals surface area contributed by atoms with Crippen molar-refractivity contribution in [3.63, 3.8) is 0 Å². The summed E-state index contributed by atoms with van der Waals surface area (Å²) in [4.78, 5) is 38.2. The van der Waals surface area contributed by atoms with Crippen molar-refractivity contribution in [3.8, 4) is 0 Å². The number of nitrogens with one attached hydrogen (secondary N) is 1. The Kier molecular flexibility index (Phi) is 6.66. The van der Waals surface area contributed by atoms with E-state index in [1.165, 1.54) is 16.7 Å². The first kappa shape index (κ1) is 26.0. The van der Waals surface area contributed by atoms with Crippen LogP contribution in [0.2, 0.25) is 0 Å². The monoisotopic (exact) mass is 546 g/mol. The minimum absolute atomic E-state index is 0.0450. The molecule has 7 rings (SSSR count). The van der Waals surface area contributed by atoms with Gasteiger partial charge in [-0.1, -0.05) is 86.6 Å². The second-order valence-electron chi connectivity index (χ2n) is 12.3. The number of para-hydroxylation sites is 1. The number of aromatic amines is 1. The molecule has 210 valence electrons. The predicted octanol–water partition coefficient (Wildman–Crippen LogP) is 5.64. The van der Waals surface area contributed by atoms with Crippen LogP contribution < -0.4 is 0 Å². The van der Waals surface area contributed by atoms with Gasteiger partial charge in [-0.25, -0.2) is 0 Å². The van der Waals surface area contributed by atoms with Crippen molar-refractivity contribution in [1.29, 1.82) is 0 Å². The Balaban J connectivity index is 1.18. The van der Waals surface area contributed by atoms with Gasteiger partial charge in [0.2, 0.25) is 11.8 Å². The zero-order valence-electron chi connectivity index (χ0n) is 23.9. The third-order valence-corrected chi connectivity index (χ3v) is 9.46. The van der Waals surface area contributed by atoms with E-state index in [2.05, 4.69) is 90.5 Å². The van der Waals surface area contributed by atoms with Crippen molar-refractivity contribution in [1.82, 2.24) is 19.7 Å². The van der Waals surface area contributed by atoms with Gasteiger partial charge in [-0.15, -0.1) is 0 Å². The van der Waals surface area contributed by atoms with Gasteiger partial charge in [-0.05, 0) is 47.1 Å². The molecular weight excluding hydrogens is 508 g/mol. The number of hydrogen-bond donors (Lipinski definition) is 1. The summed E-state index contributed by atoms with van der Waals surface area (Å²) >= 11 is 0. The van der Waals surface area contributed by atoms with Crippen LogP contribution in [-0.4, -0.2) is 63.2 Å². The highest BCUT2D eigenvalue weighted by atomic mass is 16.2. The molecule has 3 aliphatic rings. The lowest BCUT2D eigenvalue weighted by molar-refractivity contribution is -0.161. The minimum atomic E-state index is -0.486. The number of piperidine rings is 1. The second kappa shape index (κ2) is 10.5. The third-order valence-electron chi connectivity index (χ3n) is 9.46. The van der Waals surface area contributed by atoms with Crippen LogP contribution in [0, 0.1) is 0 Å². The number of fused-ring (bicyclic) bond motifs is 4. The molecule has 1 aromatic heterocycles. The van der Waals surface area contributed by atoms with Gasteiger partial charge in [-0.3, -0.25) is 14.5 Å². The quantitative estimate of drug-likeness (QED) is 0.352. The predicted molar refractivity (Wildman–Crippen MR) is 161 cm³/mol. The number of aromatic nitrogens is 1. The number of carbonyl (C=O) groups excluding carboxylic acids is 2. The molecule has 0 radical (unpaired) electrons. The molecule has 2 atom stereocenters. The zero-order valence-corrected chi connectivity index (χ0v) is 23.9. The lowest BCUT2D eigenvalue weighted by Gasteiger charge is -2.49. The molecule has 4 aromatic rings. The normalized spacial score (nSPS) is 21.9. The molecular formula is C35H38N4O2. The fraction of sp³-hybridized carbons (Fsp3) is 0.371. The Hall–Kier alpha value is -3.90. The summed E-state index contributed by atoms with van der Waals surface area (Å²) in [5.41, 5.74) is 6.90. The molecule has 0 spiro atoms. The number of likely N-dealkylation sites (tertiary alicyclic amines) is 1. The van der Waals surface area contributed by atoms with Gasteiger partial charge in [-0.2, -0.15) is 0 Å². The van der Waals surface area contributed by atoms with E-state index in [0.29, 0.717) is 12.3 Å². The number of carbonyl (C=O) groups is 2. The lowest BCUT2D eigenvalue weighted by Crippen LogP contribution is -2.65. The maximum absolute atomic E-state index is 14.3. The van der Waals surface area contributed by atoms with E-state index < -0.39 is 6.04 Å². The van der Waals surface area contributed by atoms with Gasteiger partial charge in [0.1, 0.15) is 12.6 Å². The number of piperazine rings is 1. The fourth-order valence-electron chi connectivity index (χ4n) is 7.24. The molecule has 0 bridgehead atoms. The van der Waals surface area contributed by atoms with Crippen molar-refractivity contribution >= 4 is 22.7 Å². The maximum Gasteiger partial charge on any atom is 0.246 e. The SMILES string of the molecule is CC(C)c1ccc(C2c3[nH]c4ccccc4c3C[C@H]3C(=O)N(C4CCN(Cc5ccccc5)CC4)CC(=O)N23)cc1. The summed E-state index contributed by atoms with van der Waals surface area (Å²) in [6, 6.07) is 26.8. The molecule has 6 nitrogen and oxygen atoms in total. The molecule has 0 saturated carbocycles. The summed E-state index contributed by atoms with van der Waals surface area (Å²) in [6.45, 7) is 7.34. The molecule has 0 aliphatic carbocycles. The molecule has 1 unspecified atom stereocenters. The van der Waals surface area contributed by atoms with Crippen LogP contribution in [0.4, 0.5) is 0 Å². The molecule has 2 saturated heterocycles. The minimum Gasteiger partial charge on any atom is -0.356 e. The Bertz CT molecular complexity index is 1570. The second-order valence-corrected chi connectivity index (χ2v) is 12.3. The van der Waals surface area contributed by atoms with E-state index in [4.69, 9.17) is 0 Å². The largest absolute Gasteiger partial charge is 0.356 e.